The number of aromatic nitrogens is 3. The number of hydrogen-bond acceptors (Lipinski definition) is 6. The fraction of sp³-hybridized carbons (Fsp3) is 0.0625. The van der Waals surface area contributed by atoms with E-state index in [2.05, 4.69) is 25.6 Å². The van der Waals surface area contributed by atoms with Gasteiger partial charge in [-0.2, -0.15) is 15.0 Å². The lowest BCUT2D eigenvalue weighted by molar-refractivity contribution is 1.02. The summed E-state index contributed by atoms with van der Waals surface area (Å²) in [7, 11) is 0. The molecule has 0 atom stereocenters. The van der Waals surface area contributed by atoms with Crippen molar-refractivity contribution in [2.24, 2.45) is 0 Å². The Hall–Kier alpha value is -3.15. The Kier molecular flexibility index (Phi) is 4.10. The molecule has 4 N–H and O–H groups in total. The summed E-state index contributed by atoms with van der Waals surface area (Å²) in [5, 5.41) is 6.25. The summed E-state index contributed by atoms with van der Waals surface area (Å²) in [4.78, 5) is 12.5. The number of hydrogen-bond donors (Lipinski definition) is 3. The quantitative estimate of drug-likeness (QED) is 0.670. The van der Waals surface area contributed by atoms with Crippen LogP contribution in [-0.4, -0.2) is 15.0 Å². The summed E-state index contributed by atoms with van der Waals surface area (Å²) >= 11 is 0. The maximum atomic E-state index is 5.74. The highest BCUT2D eigenvalue weighted by atomic mass is 15.2. The maximum absolute atomic E-state index is 5.74. The van der Waals surface area contributed by atoms with Crippen LogP contribution in [0.5, 0.6) is 0 Å². The van der Waals surface area contributed by atoms with Gasteiger partial charge in [0.05, 0.1) is 0 Å². The van der Waals surface area contributed by atoms with Crippen molar-refractivity contribution in [2.45, 2.75) is 6.54 Å². The smallest absolute Gasteiger partial charge is 0.233 e. The molecule has 0 aliphatic carbocycles. The van der Waals surface area contributed by atoms with Crippen molar-refractivity contribution >= 4 is 23.5 Å². The second-order valence-corrected chi connectivity index (χ2v) is 4.67. The first-order valence-corrected chi connectivity index (χ1v) is 6.91. The van der Waals surface area contributed by atoms with Crippen molar-refractivity contribution < 1.29 is 0 Å². The van der Waals surface area contributed by atoms with E-state index in [1.807, 2.05) is 60.7 Å². The second-order valence-electron chi connectivity index (χ2n) is 4.67. The van der Waals surface area contributed by atoms with Gasteiger partial charge in [0.15, 0.2) is 0 Å². The molecule has 0 saturated carbocycles. The lowest BCUT2D eigenvalue weighted by atomic mass is 10.2. The van der Waals surface area contributed by atoms with Gasteiger partial charge in [0.2, 0.25) is 17.8 Å². The van der Waals surface area contributed by atoms with Crippen LogP contribution in [0.15, 0.2) is 60.7 Å². The third-order valence-electron chi connectivity index (χ3n) is 2.98. The summed E-state index contributed by atoms with van der Waals surface area (Å²) in [6.45, 7) is 0.620. The first-order valence-electron chi connectivity index (χ1n) is 6.91. The van der Waals surface area contributed by atoms with Crippen LogP contribution in [0, 0.1) is 0 Å². The number of anilines is 4. The van der Waals surface area contributed by atoms with Crippen molar-refractivity contribution in [3.05, 3.63) is 66.2 Å². The molecule has 0 spiro atoms. The molecule has 0 fully saturated rings. The van der Waals surface area contributed by atoms with Crippen LogP contribution in [0.2, 0.25) is 0 Å². The fourth-order valence-electron chi connectivity index (χ4n) is 1.95. The molecular weight excluding hydrogens is 276 g/mol. The fourth-order valence-corrected chi connectivity index (χ4v) is 1.95. The molecule has 0 radical (unpaired) electrons. The van der Waals surface area contributed by atoms with Crippen LogP contribution in [0.4, 0.5) is 23.5 Å². The van der Waals surface area contributed by atoms with Crippen molar-refractivity contribution in [2.75, 3.05) is 16.4 Å². The summed E-state index contributed by atoms with van der Waals surface area (Å²) in [6, 6.07) is 19.7. The minimum atomic E-state index is 0.170. The lowest BCUT2D eigenvalue weighted by Crippen LogP contribution is -2.09. The molecule has 3 rings (SSSR count). The van der Waals surface area contributed by atoms with E-state index in [-0.39, 0.29) is 5.95 Å². The summed E-state index contributed by atoms with van der Waals surface area (Å²) in [5.74, 6) is 1.02. The van der Waals surface area contributed by atoms with E-state index in [9.17, 15) is 0 Å². The van der Waals surface area contributed by atoms with Crippen LogP contribution in [0.25, 0.3) is 0 Å². The van der Waals surface area contributed by atoms with Crippen molar-refractivity contribution in [3.8, 4) is 0 Å². The number of nitrogens with zero attached hydrogens (tertiary/aromatic N) is 3. The van der Waals surface area contributed by atoms with E-state index in [4.69, 9.17) is 5.73 Å². The van der Waals surface area contributed by atoms with E-state index in [0.29, 0.717) is 18.4 Å². The molecular formula is C16H16N6. The van der Waals surface area contributed by atoms with Gasteiger partial charge in [-0.3, -0.25) is 0 Å². The number of para-hydroxylation sites is 1. The first-order chi connectivity index (χ1) is 10.8. The van der Waals surface area contributed by atoms with Gasteiger partial charge >= 0.3 is 0 Å². The maximum Gasteiger partial charge on any atom is 0.233 e. The van der Waals surface area contributed by atoms with E-state index in [1.54, 1.807) is 0 Å². The Morgan fingerprint density at radius 1 is 0.773 bits per heavy atom. The van der Waals surface area contributed by atoms with Crippen molar-refractivity contribution in [1.82, 2.24) is 15.0 Å². The van der Waals surface area contributed by atoms with Crippen LogP contribution < -0.4 is 16.4 Å². The molecule has 1 aromatic heterocycles. The van der Waals surface area contributed by atoms with Crippen molar-refractivity contribution in [3.63, 3.8) is 0 Å². The minimum absolute atomic E-state index is 0.170. The van der Waals surface area contributed by atoms with E-state index < -0.39 is 0 Å². The van der Waals surface area contributed by atoms with Crippen molar-refractivity contribution in [1.29, 1.82) is 0 Å². The SMILES string of the molecule is Nc1nc(NCc2ccccc2)nc(Nc2ccccc2)n1. The Morgan fingerprint density at radius 3 is 2.14 bits per heavy atom. The standard InChI is InChI=1S/C16H16N6/c17-14-20-15(18-11-12-7-3-1-4-8-12)22-16(21-14)19-13-9-5-2-6-10-13/h1-10H,11H2,(H4,17,18,19,20,21,22). The predicted octanol–water partition coefficient (Wildman–Crippen LogP) is 2.81. The van der Waals surface area contributed by atoms with Gasteiger partial charge in [-0.1, -0.05) is 48.5 Å². The minimum Gasteiger partial charge on any atom is -0.368 e. The van der Waals surface area contributed by atoms with Crippen LogP contribution in [0.3, 0.4) is 0 Å². The Labute approximate surface area is 128 Å². The van der Waals surface area contributed by atoms with E-state index in [0.717, 1.165) is 11.3 Å². The molecule has 0 aliphatic rings. The monoisotopic (exact) mass is 292 g/mol. The van der Waals surface area contributed by atoms with Gasteiger partial charge in [0, 0.05) is 12.2 Å². The largest absolute Gasteiger partial charge is 0.368 e. The normalized spacial score (nSPS) is 10.2. The molecule has 0 bridgehead atoms. The molecule has 0 saturated heterocycles. The Morgan fingerprint density at radius 2 is 1.41 bits per heavy atom. The molecule has 6 heteroatoms. The number of benzene rings is 2. The molecule has 0 aliphatic heterocycles. The summed E-state index contributed by atoms with van der Waals surface area (Å²) in [6.07, 6.45) is 0. The molecule has 2 aromatic carbocycles. The molecule has 22 heavy (non-hydrogen) atoms. The number of nitrogens with two attached hydrogens (primary N) is 1. The van der Waals surface area contributed by atoms with E-state index in [1.165, 1.54) is 0 Å². The third kappa shape index (κ3) is 3.69. The first kappa shape index (κ1) is 13.8. The van der Waals surface area contributed by atoms with Gasteiger partial charge in [-0.05, 0) is 17.7 Å². The second kappa shape index (κ2) is 6.53. The van der Waals surface area contributed by atoms with Gasteiger partial charge < -0.3 is 16.4 Å². The highest BCUT2D eigenvalue weighted by Crippen LogP contribution is 2.14. The van der Waals surface area contributed by atoms with Crippen LogP contribution >= 0.6 is 0 Å². The summed E-state index contributed by atoms with van der Waals surface area (Å²) in [5.41, 5.74) is 7.77. The predicted molar refractivity (Wildman–Crippen MR) is 87.7 cm³/mol. The highest BCUT2D eigenvalue weighted by molar-refractivity contribution is 5.54. The molecule has 1 heterocycles. The summed E-state index contributed by atoms with van der Waals surface area (Å²) < 4.78 is 0. The van der Waals surface area contributed by atoms with Gasteiger partial charge in [-0.15, -0.1) is 0 Å². The zero-order chi connectivity index (χ0) is 15.2. The van der Waals surface area contributed by atoms with Gasteiger partial charge in [0.1, 0.15) is 0 Å². The van der Waals surface area contributed by atoms with Gasteiger partial charge in [-0.25, -0.2) is 0 Å². The molecule has 0 amide bonds. The molecule has 0 unspecified atom stereocenters. The average Bonchev–Trinajstić information content (AvgIpc) is 2.54. The number of rotatable bonds is 5. The Bertz CT molecular complexity index is 730. The third-order valence-corrected chi connectivity index (χ3v) is 2.98. The average molecular weight is 292 g/mol. The number of nitrogens with one attached hydrogen (secondary N) is 2. The lowest BCUT2D eigenvalue weighted by Gasteiger charge is -2.08. The Balaban J connectivity index is 1.72. The van der Waals surface area contributed by atoms with Gasteiger partial charge in [0.25, 0.3) is 0 Å². The highest BCUT2D eigenvalue weighted by Gasteiger charge is 2.04. The molecule has 110 valence electrons. The van der Waals surface area contributed by atoms with Crippen LogP contribution in [0.1, 0.15) is 5.56 Å². The number of nitrogen functional groups attached to an aromatic ring is 1. The van der Waals surface area contributed by atoms with Crippen LogP contribution in [-0.2, 0) is 6.54 Å². The topological polar surface area (TPSA) is 88.8 Å². The zero-order valence-corrected chi connectivity index (χ0v) is 11.9. The molecule has 6 nitrogen and oxygen atoms in total. The molecule has 3 aromatic rings. The zero-order valence-electron chi connectivity index (χ0n) is 11.9. The van der Waals surface area contributed by atoms with E-state index >= 15 is 0 Å².